The number of nitrogens with one attached hydrogen (secondary N) is 2. The molecule has 0 saturated heterocycles. The van der Waals surface area contributed by atoms with Gasteiger partial charge >= 0.3 is 0 Å². The van der Waals surface area contributed by atoms with Crippen molar-refractivity contribution in [3.63, 3.8) is 0 Å². The molecule has 2 aromatic rings. The highest BCUT2D eigenvalue weighted by atomic mass is 16.5. The van der Waals surface area contributed by atoms with E-state index in [1.807, 2.05) is 18.2 Å². The molecule has 1 aliphatic rings. The summed E-state index contributed by atoms with van der Waals surface area (Å²) in [6, 6.07) is 19.5. The summed E-state index contributed by atoms with van der Waals surface area (Å²) < 4.78 is 5.46. The Morgan fingerprint density at radius 2 is 1.45 bits per heavy atom. The van der Waals surface area contributed by atoms with Gasteiger partial charge in [0, 0.05) is 17.8 Å². The summed E-state index contributed by atoms with van der Waals surface area (Å²) in [4.78, 5) is 0. The molecule has 0 radical (unpaired) electrons. The van der Waals surface area contributed by atoms with Crippen LogP contribution in [0.25, 0.3) is 0 Å². The number of hydrogen-bond donors (Lipinski definition) is 2. The highest BCUT2D eigenvalue weighted by Crippen LogP contribution is 2.29. The normalized spacial score (nSPS) is 21.1. The molecule has 1 fully saturated rings. The summed E-state index contributed by atoms with van der Waals surface area (Å²) in [7, 11) is 1.72. The molecule has 1 aliphatic carbocycles. The van der Waals surface area contributed by atoms with E-state index < -0.39 is 0 Å². The van der Waals surface area contributed by atoms with E-state index in [1.54, 1.807) is 7.11 Å². The molecule has 0 unspecified atom stereocenters. The average molecular weight is 296 g/mol. The third kappa shape index (κ3) is 3.53. The number of ether oxygens (including phenoxy) is 1. The quantitative estimate of drug-likeness (QED) is 0.850. The average Bonchev–Trinajstić information content (AvgIpc) is 2.58. The van der Waals surface area contributed by atoms with Crippen molar-refractivity contribution in [3.8, 4) is 5.75 Å². The van der Waals surface area contributed by atoms with Crippen LogP contribution in [-0.4, -0.2) is 19.2 Å². The van der Waals surface area contributed by atoms with E-state index >= 15 is 0 Å². The second-order valence-corrected chi connectivity index (χ2v) is 5.85. The van der Waals surface area contributed by atoms with Gasteiger partial charge in [-0.1, -0.05) is 43.2 Å². The topological polar surface area (TPSA) is 33.3 Å². The summed E-state index contributed by atoms with van der Waals surface area (Å²) in [5.41, 5.74) is 2.28. The molecule has 0 aliphatic heterocycles. The first-order valence-corrected chi connectivity index (χ1v) is 8.08. The second kappa shape index (κ2) is 7.21. The number of hydrogen-bond acceptors (Lipinski definition) is 3. The maximum atomic E-state index is 5.46. The van der Waals surface area contributed by atoms with Crippen LogP contribution >= 0.6 is 0 Å². The Balaban J connectivity index is 1.72. The fourth-order valence-corrected chi connectivity index (χ4v) is 3.19. The van der Waals surface area contributed by atoms with Crippen molar-refractivity contribution in [2.75, 3.05) is 17.7 Å². The number of methoxy groups -OCH3 is 1. The third-order valence-corrected chi connectivity index (χ3v) is 4.34. The van der Waals surface area contributed by atoms with Gasteiger partial charge < -0.3 is 15.4 Å². The fraction of sp³-hybridized carbons (Fsp3) is 0.368. The van der Waals surface area contributed by atoms with E-state index in [9.17, 15) is 0 Å². The van der Waals surface area contributed by atoms with Crippen LogP contribution in [0, 0.1) is 0 Å². The first-order valence-electron chi connectivity index (χ1n) is 8.08. The molecule has 2 aromatic carbocycles. The lowest BCUT2D eigenvalue weighted by molar-refractivity contribution is 0.406. The van der Waals surface area contributed by atoms with Gasteiger partial charge in [-0.05, 0) is 37.1 Å². The van der Waals surface area contributed by atoms with Crippen molar-refractivity contribution in [1.82, 2.24) is 0 Å². The van der Waals surface area contributed by atoms with Crippen LogP contribution in [0.2, 0.25) is 0 Å². The van der Waals surface area contributed by atoms with E-state index in [2.05, 4.69) is 47.0 Å². The van der Waals surface area contributed by atoms with Crippen LogP contribution in [0.3, 0.4) is 0 Å². The zero-order valence-corrected chi connectivity index (χ0v) is 13.1. The van der Waals surface area contributed by atoms with Gasteiger partial charge in [-0.3, -0.25) is 0 Å². The zero-order valence-electron chi connectivity index (χ0n) is 13.1. The summed E-state index contributed by atoms with van der Waals surface area (Å²) >= 11 is 0. The van der Waals surface area contributed by atoms with Crippen molar-refractivity contribution < 1.29 is 4.74 Å². The van der Waals surface area contributed by atoms with E-state index in [-0.39, 0.29) is 0 Å². The first kappa shape index (κ1) is 14.8. The van der Waals surface area contributed by atoms with Gasteiger partial charge in [0.15, 0.2) is 0 Å². The zero-order chi connectivity index (χ0) is 15.2. The predicted molar refractivity (Wildman–Crippen MR) is 92.7 cm³/mol. The Morgan fingerprint density at radius 1 is 0.818 bits per heavy atom. The molecular weight excluding hydrogens is 272 g/mol. The molecule has 22 heavy (non-hydrogen) atoms. The number of anilines is 2. The van der Waals surface area contributed by atoms with Crippen molar-refractivity contribution in [2.24, 2.45) is 0 Å². The maximum absolute atomic E-state index is 5.46. The fourth-order valence-electron chi connectivity index (χ4n) is 3.19. The molecule has 2 N–H and O–H groups in total. The minimum atomic E-state index is 0.422. The van der Waals surface area contributed by atoms with Crippen LogP contribution in [0.15, 0.2) is 54.6 Å². The third-order valence-electron chi connectivity index (χ3n) is 4.34. The largest absolute Gasteiger partial charge is 0.495 e. The molecule has 0 aromatic heterocycles. The Morgan fingerprint density at radius 3 is 2.18 bits per heavy atom. The minimum Gasteiger partial charge on any atom is -0.495 e. The first-order chi connectivity index (χ1) is 10.9. The highest BCUT2D eigenvalue weighted by Gasteiger charge is 2.25. The molecule has 3 nitrogen and oxygen atoms in total. The summed E-state index contributed by atoms with van der Waals surface area (Å²) in [5, 5.41) is 7.37. The Hall–Kier alpha value is -2.16. The van der Waals surface area contributed by atoms with Crippen LogP contribution in [0.4, 0.5) is 11.4 Å². The van der Waals surface area contributed by atoms with Crippen molar-refractivity contribution in [1.29, 1.82) is 0 Å². The highest BCUT2D eigenvalue weighted by molar-refractivity contribution is 5.57. The standard InChI is InChI=1S/C19H24N2O/c1-22-19-14-8-7-13-18(19)21-17-12-6-5-11-16(17)20-15-9-3-2-4-10-15/h2-4,7-10,13-14,16-17,20-21H,5-6,11-12H2,1H3/t16-,17-/m1/s1. The molecule has 2 atom stereocenters. The molecule has 3 rings (SSSR count). The Labute approximate surface area is 132 Å². The van der Waals surface area contributed by atoms with Crippen LogP contribution < -0.4 is 15.4 Å². The van der Waals surface area contributed by atoms with E-state index in [0.29, 0.717) is 12.1 Å². The Bertz CT molecular complexity index is 585. The number of para-hydroxylation sites is 3. The van der Waals surface area contributed by atoms with Gasteiger partial charge in [0.1, 0.15) is 5.75 Å². The van der Waals surface area contributed by atoms with Crippen LogP contribution in [-0.2, 0) is 0 Å². The Kier molecular flexibility index (Phi) is 4.84. The molecule has 0 spiro atoms. The van der Waals surface area contributed by atoms with Crippen molar-refractivity contribution >= 4 is 11.4 Å². The molecule has 0 amide bonds. The van der Waals surface area contributed by atoms with Crippen molar-refractivity contribution in [2.45, 2.75) is 37.8 Å². The molecule has 0 bridgehead atoms. The smallest absolute Gasteiger partial charge is 0.141 e. The lowest BCUT2D eigenvalue weighted by Crippen LogP contribution is -2.41. The van der Waals surface area contributed by atoms with E-state index in [1.165, 1.54) is 31.4 Å². The van der Waals surface area contributed by atoms with E-state index in [4.69, 9.17) is 4.74 Å². The molecular formula is C19H24N2O. The van der Waals surface area contributed by atoms with Gasteiger partial charge in [-0.2, -0.15) is 0 Å². The predicted octanol–water partition coefficient (Wildman–Crippen LogP) is 4.53. The SMILES string of the molecule is COc1ccccc1N[C@@H]1CCCC[C@H]1Nc1ccccc1. The van der Waals surface area contributed by atoms with Crippen molar-refractivity contribution in [3.05, 3.63) is 54.6 Å². The van der Waals surface area contributed by atoms with Gasteiger partial charge in [0.25, 0.3) is 0 Å². The molecule has 116 valence electrons. The number of rotatable bonds is 5. The van der Waals surface area contributed by atoms with Gasteiger partial charge in [0.05, 0.1) is 12.8 Å². The minimum absolute atomic E-state index is 0.422. The summed E-state index contributed by atoms with van der Waals surface area (Å²) in [6.07, 6.45) is 4.94. The van der Waals surface area contributed by atoms with Gasteiger partial charge in [-0.15, -0.1) is 0 Å². The molecule has 1 saturated carbocycles. The van der Waals surface area contributed by atoms with E-state index in [0.717, 1.165) is 11.4 Å². The van der Waals surface area contributed by atoms with Gasteiger partial charge in [0.2, 0.25) is 0 Å². The lowest BCUT2D eigenvalue weighted by atomic mass is 9.89. The monoisotopic (exact) mass is 296 g/mol. The molecule has 0 heterocycles. The van der Waals surface area contributed by atoms with Crippen LogP contribution in [0.1, 0.15) is 25.7 Å². The summed E-state index contributed by atoms with van der Waals surface area (Å²) in [5.74, 6) is 0.909. The molecule has 3 heteroatoms. The summed E-state index contributed by atoms with van der Waals surface area (Å²) in [6.45, 7) is 0. The van der Waals surface area contributed by atoms with Crippen LogP contribution in [0.5, 0.6) is 5.75 Å². The number of benzene rings is 2. The lowest BCUT2D eigenvalue weighted by Gasteiger charge is -2.34. The van der Waals surface area contributed by atoms with Gasteiger partial charge in [-0.25, -0.2) is 0 Å². The second-order valence-electron chi connectivity index (χ2n) is 5.85. The maximum Gasteiger partial charge on any atom is 0.141 e.